The molecule has 1 fully saturated rings. The molecule has 1 aromatic rings. The number of pyridine rings is 1. The van der Waals surface area contributed by atoms with E-state index >= 15 is 0 Å². The monoisotopic (exact) mass is 314 g/mol. The number of alkyl halides is 2. The molecule has 0 radical (unpaired) electrons. The van der Waals surface area contributed by atoms with E-state index in [1.807, 2.05) is 13.8 Å². The molecule has 1 amide bonds. The highest BCUT2D eigenvalue weighted by Crippen LogP contribution is 2.37. The molecule has 21 heavy (non-hydrogen) atoms. The molecular formula is C15H20F2N2OS. The van der Waals surface area contributed by atoms with Crippen molar-refractivity contribution in [1.82, 2.24) is 4.98 Å². The van der Waals surface area contributed by atoms with Gasteiger partial charge in [0.05, 0.1) is 4.75 Å². The summed E-state index contributed by atoms with van der Waals surface area (Å²) in [6.45, 7) is 4.55. The lowest BCUT2D eigenvalue weighted by Crippen LogP contribution is -2.34. The zero-order valence-electron chi connectivity index (χ0n) is 12.5. The van der Waals surface area contributed by atoms with Crippen molar-refractivity contribution in [2.24, 2.45) is 5.92 Å². The summed E-state index contributed by atoms with van der Waals surface area (Å²) >= 11 is 1.62. The number of rotatable bonds is 6. The number of halogens is 2. The largest absolute Gasteiger partial charge is 0.310 e. The van der Waals surface area contributed by atoms with Crippen LogP contribution in [0.25, 0.3) is 0 Å². The van der Waals surface area contributed by atoms with Crippen LogP contribution in [-0.2, 0) is 10.7 Å². The topological polar surface area (TPSA) is 42.0 Å². The van der Waals surface area contributed by atoms with E-state index < -0.39 is 10.7 Å². The van der Waals surface area contributed by atoms with Crippen molar-refractivity contribution < 1.29 is 13.6 Å². The molecule has 1 aliphatic rings. The van der Waals surface area contributed by atoms with E-state index in [1.165, 1.54) is 25.0 Å². The first kappa shape index (κ1) is 16.2. The van der Waals surface area contributed by atoms with Gasteiger partial charge in [-0.1, -0.05) is 0 Å². The van der Waals surface area contributed by atoms with E-state index in [9.17, 15) is 13.6 Å². The van der Waals surface area contributed by atoms with E-state index in [0.717, 1.165) is 24.8 Å². The summed E-state index contributed by atoms with van der Waals surface area (Å²) in [5, 5.41) is 2.69. The molecule has 1 N–H and O–H groups in total. The first-order chi connectivity index (χ1) is 9.68. The Hall–Kier alpha value is -1.17. The summed E-state index contributed by atoms with van der Waals surface area (Å²) in [7, 11) is 0. The van der Waals surface area contributed by atoms with Gasteiger partial charge in [0.2, 0.25) is 5.91 Å². The van der Waals surface area contributed by atoms with Gasteiger partial charge in [-0.2, -0.15) is 0 Å². The molecule has 1 saturated carbocycles. The molecular weight excluding hydrogens is 294 g/mol. The van der Waals surface area contributed by atoms with Crippen LogP contribution < -0.4 is 5.32 Å². The maximum atomic E-state index is 13.1. The standard InChI is InChI=1S/C15H20F2N2OS/c1-14(2,21-9-10-4-5-10)13(20)19-12-7-6-11(8-18-12)15(3,16)17/h6-8,10H,4-5,9H2,1-3H3,(H,18,19,20). The van der Waals surface area contributed by atoms with E-state index in [2.05, 4.69) is 10.3 Å². The van der Waals surface area contributed by atoms with Gasteiger partial charge in [0.25, 0.3) is 5.92 Å². The van der Waals surface area contributed by atoms with Gasteiger partial charge >= 0.3 is 0 Å². The normalized spacial score (nSPS) is 15.9. The molecule has 0 saturated heterocycles. The molecule has 116 valence electrons. The third-order valence-electron chi connectivity index (χ3n) is 3.44. The Bertz CT molecular complexity index is 507. The summed E-state index contributed by atoms with van der Waals surface area (Å²) < 4.78 is 25.6. The minimum atomic E-state index is -2.92. The number of carbonyl (C=O) groups is 1. The Labute approximate surface area is 127 Å². The predicted octanol–water partition coefficient (Wildman–Crippen LogP) is 4.05. The highest BCUT2D eigenvalue weighted by Gasteiger charge is 2.32. The van der Waals surface area contributed by atoms with Crippen molar-refractivity contribution in [1.29, 1.82) is 0 Å². The first-order valence-corrected chi connectivity index (χ1v) is 7.97. The average molecular weight is 314 g/mol. The Balaban J connectivity index is 1.94. The fourth-order valence-electron chi connectivity index (χ4n) is 1.67. The van der Waals surface area contributed by atoms with Crippen LogP contribution in [0.2, 0.25) is 0 Å². The first-order valence-electron chi connectivity index (χ1n) is 6.98. The molecule has 1 aromatic heterocycles. The van der Waals surface area contributed by atoms with Crippen LogP contribution in [-0.4, -0.2) is 21.4 Å². The van der Waals surface area contributed by atoms with E-state index in [0.29, 0.717) is 5.82 Å². The predicted molar refractivity (Wildman–Crippen MR) is 81.7 cm³/mol. The van der Waals surface area contributed by atoms with Gasteiger partial charge in [0, 0.05) is 18.7 Å². The number of anilines is 1. The molecule has 0 spiro atoms. The highest BCUT2D eigenvalue weighted by atomic mass is 32.2. The fourth-order valence-corrected chi connectivity index (χ4v) is 2.84. The van der Waals surface area contributed by atoms with Crippen LogP contribution in [0, 0.1) is 5.92 Å². The molecule has 1 aliphatic carbocycles. The maximum absolute atomic E-state index is 13.1. The van der Waals surface area contributed by atoms with Crippen LogP contribution in [0.1, 0.15) is 39.2 Å². The summed E-state index contributed by atoms with van der Waals surface area (Å²) in [5.74, 6) is -1.06. The van der Waals surface area contributed by atoms with Crippen molar-refractivity contribution >= 4 is 23.5 Å². The van der Waals surface area contributed by atoms with Gasteiger partial charge in [-0.15, -0.1) is 11.8 Å². The van der Waals surface area contributed by atoms with Crippen LogP contribution in [0.4, 0.5) is 14.6 Å². The second-order valence-corrected chi connectivity index (χ2v) is 7.68. The molecule has 0 aliphatic heterocycles. The second kappa shape index (κ2) is 5.91. The van der Waals surface area contributed by atoms with Crippen molar-refractivity contribution in [3.63, 3.8) is 0 Å². The van der Waals surface area contributed by atoms with E-state index in [1.54, 1.807) is 11.8 Å². The lowest BCUT2D eigenvalue weighted by Gasteiger charge is -2.22. The maximum Gasteiger partial charge on any atom is 0.272 e. The van der Waals surface area contributed by atoms with Crippen molar-refractivity contribution in [3.8, 4) is 0 Å². The number of nitrogens with zero attached hydrogens (tertiary/aromatic N) is 1. The van der Waals surface area contributed by atoms with Crippen molar-refractivity contribution in [2.45, 2.75) is 44.3 Å². The molecule has 0 bridgehead atoms. The third-order valence-corrected chi connectivity index (χ3v) is 4.98. The van der Waals surface area contributed by atoms with Crippen LogP contribution in [0.5, 0.6) is 0 Å². The Morgan fingerprint density at radius 3 is 2.52 bits per heavy atom. The Kier molecular flexibility index (Phi) is 4.56. The quantitative estimate of drug-likeness (QED) is 0.861. The number of hydrogen-bond donors (Lipinski definition) is 1. The van der Waals surface area contributed by atoms with E-state index in [-0.39, 0.29) is 11.5 Å². The third kappa shape index (κ3) is 4.66. The Morgan fingerprint density at radius 2 is 2.05 bits per heavy atom. The second-order valence-electron chi connectivity index (χ2n) is 6.04. The summed E-state index contributed by atoms with van der Waals surface area (Å²) in [5.41, 5.74) is -0.164. The van der Waals surface area contributed by atoms with Gasteiger partial charge < -0.3 is 5.32 Å². The molecule has 1 heterocycles. The van der Waals surface area contributed by atoms with Crippen molar-refractivity contribution in [3.05, 3.63) is 23.9 Å². The number of amides is 1. The van der Waals surface area contributed by atoms with Gasteiger partial charge in [-0.05, 0) is 50.5 Å². The van der Waals surface area contributed by atoms with Crippen LogP contribution in [0.3, 0.4) is 0 Å². The molecule has 0 atom stereocenters. The molecule has 0 unspecified atom stereocenters. The lowest BCUT2D eigenvalue weighted by molar-refractivity contribution is -0.117. The van der Waals surface area contributed by atoms with Gasteiger partial charge in [-0.25, -0.2) is 13.8 Å². The minimum Gasteiger partial charge on any atom is -0.310 e. The molecule has 0 aromatic carbocycles. The fraction of sp³-hybridized carbons (Fsp3) is 0.600. The molecule has 2 rings (SSSR count). The number of aromatic nitrogens is 1. The van der Waals surface area contributed by atoms with Gasteiger partial charge in [0.1, 0.15) is 5.82 Å². The summed E-state index contributed by atoms with van der Waals surface area (Å²) in [4.78, 5) is 16.1. The average Bonchev–Trinajstić information content (AvgIpc) is 3.20. The summed E-state index contributed by atoms with van der Waals surface area (Å²) in [6.07, 6.45) is 3.60. The summed E-state index contributed by atoms with van der Waals surface area (Å²) in [6, 6.07) is 2.69. The number of carbonyl (C=O) groups excluding carboxylic acids is 1. The van der Waals surface area contributed by atoms with Crippen LogP contribution >= 0.6 is 11.8 Å². The van der Waals surface area contributed by atoms with Gasteiger partial charge in [-0.3, -0.25) is 4.79 Å². The zero-order chi connectivity index (χ0) is 15.7. The lowest BCUT2D eigenvalue weighted by atomic mass is 10.1. The van der Waals surface area contributed by atoms with E-state index in [4.69, 9.17) is 0 Å². The smallest absolute Gasteiger partial charge is 0.272 e. The minimum absolute atomic E-state index is 0.156. The molecule has 6 heteroatoms. The number of nitrogens with one attached hydrogen (secondary N) is 1. The Morgan fingerprint density at radius 1 is 1.38 bits per heavy atom. The number of thioether (sulfide) groups is 1. The molecule has 3 nitrogen and oxygen atoms in total. The van der Waals surface area contributed by atoms with Crippen molar-refractivity contribution in [2.75, 3.05) is 11.1 Å². The highest BCUT2D eigenvalue weighted by molar-refractivity contribution is 8.01. The van der Waals surface area contributed by atoms with Crippen LogP contribution in [0.15, 0.2) is 18.3 Å². The SMILES string of the molecule is CC(C)(SCC1CC1)C(=O)Nc1ccc(C(C)(F)F)cn1. The number of hydrogen-bond acceptors (Lipinski definition) is 3. The van der Waals surface area contributed by atoms with Gasteiger partial charge in [0.15, 0.2) is 0 Å². The zero-order valence-corrected chi connectivity index (χ0v) is 13.3.